The maximum atomic E-state index is 12.0. The SMILES string of the molecule is Cc1ccc(N(C(=O)c2cnc[nH]2)S(=O)[O-])cc1. The molecule has 0 aliphatic carbocycles. The Labute approximate surface area is 106 Å². The van der Waals surface area contributed by atoms with E-state index in [0.29, 0.717) is 4.31 Å². The van der Waals surface area contributed by atoms with Gasteiger partial charge in [0.25, 0.3) is 5.91 Å². The Balaban J connectivity index is 2.38. The van der Waals surface area contributed by atoms with Crippen molar-refractivity contribution in [2.75, 3.05) is 4.31 Å². The number of amides is 1. The molecule has 0 aliphatic rings. The first kappa shape index (κ1) is 12.5. The van der Waals surface area contributed by atoms with Crippen molar-refractivity contribution in [2.24, 2.45) is 0 Å². The zero-order valence-corrected chi connectivity index (χ0v) is 10.3. The summed E-state index contributed by atoms with van der Waals surface area (Å²) in [5.74, 6) is -0.676. The number of hydrogen-bond acceptors (Lipinski definition) is 4. The van der Waals surface area contributed by atoms with Crippen LogP contribution < -0.4 is 4.31 Å². The van der Waals surface area contributed by atoms with E-state index in [0.717, 1.165) is 5.56 Å². The van der Waals surface area contributed by atoms with E-state index in [9.17, 15) is 13.6 Å². The van der Waals surface area contributed by atoms with Crippen LogP contribution in [0.1, 0.15) is 16.1 Å². The summed E-state index contributed by atoms with van der Waals surface area (Å²) in [6.07, 6.45) is 2.59. The maximum absolute atomic E-state index is 12.0. The molecule has 1 unspecified atom stereocenters. The molecule has 2 rings (SSSR count). The summed E-state index contributed by atoms with van der Waals surface area (Å²) >= 11 is -2.69. The minimum Gasteiger partial charge on any atom is -0.755 e. The van der Waals surface area contributed by atoms with Gasteiger partial charge >= 0.3 is 0 Å². The van der Waals surface area contributed by atoms with Crippen LogP contribution in [0, 0.1) is 6.92 Å². The van der Waals surface area contributed by atoms with Gasteiger partial charge in [-0.2, -0.15) is 0 Å². The molecule has 0 fully saturated rings. The van der Waals surface area contributed by atoms with E-state index < -0.39 is 17.2 Å². The first-order valence-electron chi connectivity index (χ1n) is 5.08. The predicted octanol–water partition coefficient (Wildman–Crippen LogP) is 1.16. The molecular formula is C11H10N3O3S-. The molecule has 18 heavy (non-hydrogen) atoms. The van der Waals surface area contributed by atoms with E-state index in [1.165, 1.54) is 12.5 Å². The lowest BCUT2D eigenvalue weighted by molar-refractivity contribution is 0.100. The number of hydrogen-bond donors (Lipinski definition) is 1. The second-order valence-corrected chi connectivity index (χ2v) is 4.42. The van der Waals surface area contributed by atoms with Crippen LogP contribution in [0.3, 0.4) is 0 Å². The van der Waals surface area contributed by atoms with Crippen molar-refractivity contribution in [3.05, 3.63) is 48.0 Å². The summed E-state index contributed by atoms with van der Waals surface area (Å²) in [7, 11) is 0. The number of anilines is 1. The predicted molar refractivity (Wildman–Crippen MR) is 65.5 cm³/mol. The molecule has 0 bridgehead atoms. The van der Waals surface area contributed by atoms with Crippen LogP contribution in [-0.2, 0) is 11.3 Å². The number of carbonyl (C=O) groups is 1. The lowest BCUT2D eigenvalue weighted by atomic mass is 10.2. The van der Waals surface area contributed by atoms with Gasteiger partial charge in [0.15, 0.2) is 0 Å². The number of nitrogens with zero attached hydrogens (tertiary/aromatic N) is 2. The van der Waals surface area contributed by atoms with Gasteiger partial charge in [-0.1, -0.05) is 17.7 Å². The molecule has 1 aromatic carbocycles. The fraction of sp³-hybridized carbons (Fsp3) is 0.0909. The summed E-state index contributed by atoms with van der Waals surface area (Å²) in [6, 6.07) is 6.60. The Morgan fingerprint density at radius 2 is 2.06 bits per heavy atom. The third kappa shape index (κ3) is 2.47. The highest BCUT2D eigenvalue weighted by Gasteiger charge is 2.19. The Bertz CT molecular complexity index is 566. The monoisotopic (exact) mass is 264 g/mol. The van der Waals surface area contributed by atoms with Crippen molar-refractivity contribution in [1.29, 1.82) is 0 Å². The zero-order valence-electron chi connectivity index (χ0n) is 9.49. The summed E-state index contributed by atoms with van der Waals surface area (Å²) < 4.78 is 23.1. The van der Waals surface area contributed by atoms with Crippen LogP contribution in [0.15, 0.2) is 36.8 Å². The molecule has 0 saturated heterocycles. The van der Waals surface area contributed by atoms with Crippen molar-refractivity contribution in [3.8, 4) is 0 Å². The molecule has 0 saturated carbocycles. The average molecular weight is 264 g/mol. The van der Waals surface area contributed by atoms with Gasteiger partial charge < -0.3 is 9.54 Å². The van der Waals surface area contributed by atoms with Gasteiger partial charge in [-0.3, -0.25) is 9.00 Å². The fourth-order valence-corrected chi connectivity index (χ4v) is 1.96. The van der Waals surface area contributed by atoms with Gasteiger partial charge in [-0.05, 0) is 19.1 Å². The highest BCUT2D eigenvalue weighted by atomic mass is 32.2. The molecule has 0 aliphatic heterocycles. The van der Waals surface area contributed by atoms with Crippen LogP contribution >= 0.6 is 0 Å². The molecule has 1 amide bonds. The largest absolute Gasteiger partial charge is 0.755 e. The fourth-order valence-electron chi connectivity index (χ4n) is 1.43. The number of benzene rings is 1. The standard InChI is InChI=1S/C11H11N3O3S/c1-8-2-4-9(5-3-8)14(18(16)17)11(15)10-6-12-7-13-10/h2-7H,1H3,(H,12,13)(H,16,17)/p-1. The average Bonchev–Trinajstić information content (AvgIpc) is 2.85. The second kappa shape index (κ2) is 5.11. The normalized spacial score (nSPS) is 12.1. The number of aromatic amines is 1. The summed E-state index contributed by atoms with van der Waals surface area (Å²) in [6.45, 7) is 1.87. The van der Waals surface area contributed by atoms with Crippen molar-refractivity contribution < 1.29 is 13.6 Å². The van der Waals surface area contributed by atoms with E-state index in [1.54, 1.807) is 24.3 Å². The number of nitrogens with one attached hydrogen (secondary N) is 1. The number of aryl methyl sites for hydroxylation is 1. The number of rotatable bonds is 3. The molecule has 1 aromatic heterocycles. The number of carbonyl (C=O) groups excluding carboxylic acids is 1. The van der Waals surface area contributed by atoms with E-state index >= 15 is 0 Å². The molecule has 0 radical (unpaired) electrons. The molecule has 1 atom stereocenters. The lowest BCUT2D eigenvalue weighted by Crippen LogP contribution is -2.32. The van der Waals surface area contributed by atoms with Gasteiger partial charge in [-0.25, -0.2) is 9.29 Å². The number of H-pyrrole nitrogens is 1. The Morgan fingerprint density at radius 1 is 1.39 bits per heavy atom. The summed E-state index contributed by atoms with van der Waals surface area (Å²) in [4.78, 5) is 18.3. The summed E-state index contributed by atoms with van der Waals surface area (Å²) in [5.41, 5.74) is 1.37. The van der Waals surface area contributed by atoms with Gasteiger partial charge in [-0.15, -0.1) is 0 Å². The van der Waals surface area contributed by atoms with Crippen LogP contribution in [-0.4, -0.2) is 24.6 Å². The Kier molecular flexibility index (Phi) is 3.54. The minimum atomic E-state index is -2.69. The zero-order chi connectivity index (χ0) is 13.1. The van der Waals surface area contributed by atoms with Crippen molar-refractivity contribution in [1.82, 2.24) is 9.97 Å². The number of imidazole rings is 1. The van der Waals surface area contributed by atoms with Crippen LogP contribution in [0.25, 0.3) is 0 Å². The van der Waals surface area contributed by atoms with Gasteiger partial charge in [0, 0.05) is 0 Å². The van der Waals surface area contributed by atoms with Gasteiger partial charge in [0.1, 0.15) is 5.69 Å². The third-order valence-electron chi connectivity index (χ3n) is 2.33. The number of aromatic nitrogens is 2. The highest BCUT2D eigenvalue weighted by Crippen LogP contribution is 2.18. The van der Waals surface area contributed by atoms with Crippen LogP contribution in [0.5, 0.6) is 0 Å². The molecule has 6 nitrogen and oxygen atoms in total. The topological polar surface area (TPSA) is 89.1 Å². The Hall–Kier alpha value is -1.99. The van der Waals surface area contributed by atoms with Crippen molar-refractivity contribution >= 4 is 22.9 Å². The minimum absolute atomic E-state index is 0.111. The molecule has 1 heterocycles. The molecular weight excluding hydrogens is 254 g/mol. The molecule has 1 N–H and O–H groups in total. The molecule has 94 valence electrons. The van der Waals surface area contributed by atoms with Crippen molar-refractivity contribution in [3.63, 3.8) is 0 Å². The molecule has 0 spiro atoms. The molecule has 7 heteroatoms. The van der Waals surface area contributed by atoms with Crippen LogP contribution in [0.4, 0.5) is 5.69 Å². The third-order valence-corrected chi connectivity index (χ3v) is 3.01. The smallest absolute Gasteiger partial charge is 0.287 e. The van der Waals surface area contributed by atoms with Gasteiger partial charge in [0.2, 0.25) is 0 Å². The van der Waals surface area contributed by atoms with E-state index in [4.69, 9.17) is 0 Å². The van der Waals surface area contributed by atoms with Crippen molar-refractivity contribution in [2.45, 2.75) is 6.92 Å². The van der Waals surface area contributed by atoms with Gasteiger partial charge in [0.05, 0.1) is 29.5 Å². The first-order valence-corrected chi connectivity index (χ1v) is 6.11. The highest BCUT2D eigenvalue weighted by molar-refractivity contribution is 7.81. The quantitative estimate of drug-likeness (QED) is 0.842. The second-order valence-electron chi connectivity index (χ2n) is 3.62. The lowest BCUT2D eigenvalue weighted by Gasteiger charge is -2.23. The van der Waals surface area contributed by atoms with E-state index in [-0.39, 0.29) is 11.4 Å². The summed E-state index contributed by atoms with van der Waals surface area (Å²) in [5, 5.41) is 0. The maximum Gasteiger partial charge on any atom is 0.287 e. The van der Waals surface area contributed by atoms with E-state index in [2.05, 4.69) is 9.97 Å². The van der Waals surface area contributed by atoms with E-state index in [1.807, 2.05) is 6.92 Å². The molecule has 2 aromatic rings. The first-order chi connectivity index (χ1) is 8.59. The van der Waals surface area contributed by atoms with Crippen LogP contribution in [0.2, 0.25) is 0 Å². The Morgan fingerprint density at radius 3 is 2.56 bits per heavy atom.